The van der Waals surface area contributed by atoms with Gasteiger partial charge in [0, 0.05) is 12.2 Å². The molecule has 0 radical (unpaired) electrons. The molecule has 0 aliphatic heterocycles. The number of anilines is 1. The van der Waals surface area contributed by atoms with Crippen LogP contribution in [0.3, 0.4) is 0 Å². The van der Waals surface area contributed by atoms with E-state index in [-0.39, 0.29) is 24.8 Å². The first-order valence-electron chi connectivity index (χ1n) is 5.12. The monoisotopic (exact) mass is 278 g/mol. The molecule has 6 heteroatoms. The largest absolute Gasteiger partial charge is 0.370 e. The van der Waals surface area contributed by atoms with E-state index in [1.807, 2.05) is 31.2 Å². The Hall–Kier alpha value is -0.970. The van der Waals surface area contributed by atoms with Crippen LogP contribution in [0.4, 0.5) is 5.69 Å². The Kier molecular flexibility index (Phi) is 11.0. The van der Waals surface area contributed by atoms with Gasteiger partial charge in [-0.3, -0.25) is 4.99 Å². The van der Waals surface area contributed by atoms with Crippen molar-refractivity contribution in [2.75, 3.05) is 18.4 Å². The minimum Gasteiger partial charge on any atom is -0.370 e. The molecule has 0 heterocycles. The Morgan fingerprint density at radius 3 is 2.65 bits per heavy atom. The summed E-state index contributed by atoms with van der Waals surface area (Å²) in [5.74, 6) is 0.447. The maximum absolute atomic E-state index is 5.65. The summed E-state index contributed by atoms with van der Waals surface area (Å²) in [6.45, 7) is 3.28. The first-order chi connectivity index (χ1) is 7.26. The summed E-state index contributed by atoms with van der Waals surface area (Å²) in [6.07, 6.45) is 0.875. The summed E-state index contributed by atoms with van der Waals surface area (Å²) in [6, 6.07) is 8.01. The molecule has 98 valence electrons. The topological polar surface area (TPSA) is 76.4 Å². The smallest absolute Gasteiger partial charge is 0.193 e. The summed E-state index contributed by atoms with van der Waals surface area (Å²) in [5.41, 5.74) is 13.3. The molecule has 0 amide bonds. The number of halogens is 2. The van der Waals surface area contributed by atoms with Crippen LogP contribution in [0.5, 0.6) is 0 Å². The molecule has 0 unspecified atom stereocenters. The van der Waals surface area contributed by atoms with Gasteiger partial charge in [0.2, 0.25) is 0 Å². The van der Waals surface area contributed by atoms with Gasteiger partial charge in [-0.05, 0) is 37.6 Å². The number of nitrogens with two attached hydrogens (primary N) is 2. The van der Waals surface area contributed by atoms with Crippen molar-refractivity contribution in [3.63, 3.8) is 0 Å². The van der Waals surface area contributed by atoms with Crippen LogP contribution in [0, 0.1) is 0 Å². The number of hydrogen-bond donors (Lipinski definition) is 3. The molecule has 4 nitrogen and oxygen atoms in total. The number of benzene rings is 1. The standard InChI is InChI=1S/C11H18N4.2ClH/c1-2-14-11(13)15-10-5-3-4-9(8-10)6-7-12;;/h3-5,8H,2,6-7,12H2,1H3,(H3,13,14,15);2*1H. The van der Waals surface area contributed by atoms with E-state index in [1.54, 1.807) is 0 Å². The van der Waals surface area contributed by atoms with Crippen molar-refractivity contribution in [2.24, 2.45) is 16.5 Å². The van der Waals surface area contributed by atoms with E-state index < -0.39 is 0 Å². The molecule has 0 bridgehead atoms. The van der Waals surface area contributed by atoms with Gasteiger partial charge in [0.15, 0.2) is 5.96 Å². The second-order valence-corrected chi connectivity index (χ2v) is 3.22. The zero-order chi connectivity index (χ0) is 11.1. The first kappa shape index (κ1) is 18.4. The lowest BCUT2D eigenvalue weighted by Crippen LogP contribution is -2.22. The summed E-state index contributed by atoms with van der Waals surface area (Å²) < 4.78 is 0. The molecule has 0 saturated carbocycles. The fourth-order valence-corrected chi connectivity index (χ4v) is 1.33. The predicted octanol–water partition coefficient (Wildman–Crippen LogP) is 1.78. The van der Waals surface area contributed by atoms with Gasteiger partial charge in [-0.1, -0.05) is 12.1 Å². The summed E-state index contributed by atoms with van der Waals surface area (Å²) >= 11 is 0. The average Bonchev–Trinajstić information content (AvgIpc) is 2.19. The maximum Gasteiger partial charge on any atom is 0.193 e. The number of nitrogens with zero attached hydrogens (tertiary/aromatic N) is 1. The molecule has 0 aliphatic rings. The van der Waals surface area contributed by atoms with Gasteiger partial charge in [0.1, 0.15) is 0 Å². The molecular weight excluding hydrogens is 259 g/mol. The second kappa shape index (κ2) is 10.2. The number of rotatable bonds is 4. The van der Waals surface area contributed by atoms with Gasteiger partial charge >= 0.3 is 0 Å². The molecule has 0 aliphatic carbocycles. The van der Waals surface area contributed by atoms with Crippen LogP contribution in [0.15, 0.2) is 29.3 Å². The van der Waals surface area contributed by atoms with Crippen LogP contribution < -0.4 is 16.8 Å². The van der Waals surface area contributed by atoms with E-state index in [0.717, 1.165) is 12.1 Å². The predicted molar refractivity (Wildman–Crippen MR) is 79.5 cm³/mol. The van der Waals surface area contributed by atoms with E-state index in [4.69, 9.17) is 11.5 Å². The summed E-state index contributed by atoms with van der Waals surface area (Å²) in [5, 5.41) is 3.03. The number of aliphatic imine (C=N–C) groups is 1. The average molecular weight is 279 g/mol. The van der Waals surface area contributed by atoms with Crippen molar-refractivity contribution < 1.29 is 0 Å². The van der Waals surface area contributed by atoms with Gasteiger partial charge in [0.25, 0.3) is 0 Å². The molecule has 0 fully saturated rings. The molecule has 1 rings (SSSR count). The van der Waals surface area contributed by atoms with E-state index in [2.05, 4.69) is 10.3 Å². The third kappa shape index (κ3) is 7.05. The van der Waals surface area contributed by atoms with E-state index >= 15 is 0 Å². The van der Waals surface area contributed by atoms with E-state index in [9.17, 15) is 0 Å². The highest BCUT2D eigenvalue weighted by Gasteiger charge is 1.96. The third-order valence-electron chi connectivity index (χ3n) is 1.96. The minimum atomic E-state index is 0. The Balaban J connectivity index is 0. The van der Waals surface area contributed by atoms with Crippen molar-refractivity contribution >= 4 is 36.5 Å². The lowest BCUT2D eigenvalue weighted by atomic mass is 10.1. The summed E-state index contributed by atoms with van der Waals surface area (Å²) in [4.78, 5) is 4.05. The molecule has 0 spiro atoms. The van der Waals surface area contributed by atoms with Crippen molar-refractivity contribution in [3.8, 4) is 0 Å². The Bertz CT molecular complexity index is 342. The molecule has 0 saturated heterocycles. The molecule has 17 heavy (non-hydrogen) atoms. The van der Waals surface area contributed by atoms with Gasteiger partial charge < -0.3 is 16.8 Å². The van der Waals surface area contributed by atoms with Crippen LogP contribution in [-0.2, 0) is 6.42 Å². The normalized spacial score (nSPS) is 10.1. The molecular formula is C11H20Cl2N4. The van der Waals surface area contributed by atoms with Crippen molar-refractivity contribution in [2.45, 2.75) is 13.3 Å². The highest BCUT2D eigenvalue weighted by Crippen LogP contribution is 2.10. The zero-order valence-corrected chi connectivity index (χ0v) is 11.5. The lowest BCUT2D eigenvalue weighted by molar-refractivity contribution is 0.969. The number of guanidine groups is 1. The molecule has 0 aromatic heterocycles. The summed E-state index contributed by atoms with van der Waals surface area (Å²) in [7, 11) is 0. The second-order valence-electron chi connectivity index (χ2n) is 3.22. The number of hydrogen-bond acceptors (Lipinski definition) is 2. The van der Waals surface area contributed by atoms with Gasteiger partial charge in [-0.15, -0.1) is 24.8 Å². The third-order valence-corrected chi connectivity index (χ3v) is 1.96. The van der Waals surface area contributed by atoms with Crippen LogP contribution in [0.25, 0.3) is 0 Å². The van der Waals surface area contributed by atoms with Crippen molar-refractivity contribution in [3.05, 3.63) is 29.8 Å². The molecule has 1 aromatic rings. The van der Waals surface area contributed by atoms with Crippen molar-refractivity contribution in [1.29, 1.82) is 0 Å². The van der Waals surface area contributed by atoms with E-state index in [0.29, 0.717) is 19.0 Å². The van der Waals surface area contributed by atoms with Crippen LogP contribution in [0.1, 0.15) is 12.5 Å². The Morgan fingerprint density at radius 2 is 2.06 bits per heavy atom. The van der Waals surface area contributed by atoms with Crippen molar-refractivity contribution in [1.82, 2.24) is 0 Å². The first-order valence-corrected chi connectivity index (χ1v) is 5.12. The number of nitrogens with one attached hydrogen (secondary N) is 1. The van der Waals surface area contributed by atoms with Crippen LogP contribution in [-0.4, -0.2) is 19.0 Å². The van der Waals surface area contributed by atoms with Crippen LogP contribution in [0.2, 0.25) is 0 Å². The Labute approximate surface area is 115 Å². The Morgan fingerprint density at radius 1 is 1.35 bits per heavy atom. The lowest BCUT2D eigenvalue weighted by Gasteiger charge is -2.06. The maximum atomic E-state index is 5.65. The van der Waals surface area contributed by atoms with Gasteiger partial charge in [-0.25, -0.2) is 0 Å². The highest BCUT2D eigenvalue weighted by molar-refractivity contribution is 5.92. The zero-order valence-electron chi connectivity index (χ0n) is 9.85. The minimum absolute atomic E-state index is 0. The fraction of sp³-hybridized carbons (Fsp3) is 0.364. The SMILES string of the molecule is CCN=C(N)Nc1cccc(CCN)c1.Cl.Cl. The van der Waals surface area contributed by atoms with Gasteiger partial charge in [-0.2, -0.15) is 0 Å². The quantitative estimate of drug-likeness (QED) is 0.581. The molecule has 1 aromatic carbocycles. The van der Waals surface area contributed by atoms with Crippen LogP contribution >= 0.6 is 24.8 Å². The fourth-order valence-electron chi connectivity index (χ4n) is 1.33. The molecule has 0 atom stereocenters. The highest BCUT2D eigenvalue weighted by atomic mass is 35.5. The molecule has 5 N–H and O–H groups in total. The van der Waals surface area contributed by atoms with E-state index in [1.165, 1.54) is 5.56 Å². The van der Waals surface area contributed by atoms with Gasteiger partial charge in [0.05, 0.1) is 0 Å².